The first-order valence-electron chi connectivity index (χ1n) is 14.2. The van der Waals surface area contributed by atoms with Gasteiger partial charge in [-0.3, -0.25) is 4.98 Å². The highest BCUT2D eigenvalue weighted by Gasteiger charge is 2.02. The third kappa shape index (κ3) is 12.6. The van der Waals surface area contributed by atoms with Gasteiger partial charge in [0.05, 0.1) is 0 Å². The van der Waals surface area contributed by atoms with Crippen molar-refractivity contribution in [1.29, 1.82) is 0 Å². The Labute approximate surface area is 199 Å². The van der Waals surface area contributed by atoms with Gasteiger partial charge in [0.25, 0.3) is 0 Å². The Morgan fingerprint density at radius 2 is 0.938 bits per heavy atom. The number of nitrogens with zero attached hydrogens (tertiary/aromatic N) is 1. The van der Waals surface area contributed by atoms with Crippen molar-refractivity contribution in [2.75, 3.05) is 0 Å². The molecule has 0 aliphatic heterocycles. The van der Waals surface area contributed by atoms with Gasteiger partial charge < -0.3 is 0 Å². The molecule has 0 aliphatic carbocycles. The zero-order chi connectivity index (χ0) is 22.5. The summed E-state index contributed by atoms with van der Waals surface area (Å²) in [6.07, 6.45) is 31.9. The smallest absolute Gasteiger partial charge is 0.0481 e. The molecule has 0 saturated heterocycles. The van der Waals surface area contributed by atoms with E-state index in [1.165, 1.54) is 145 Å². The Morgan fingerprint density at radius 3 is 1.44 bits per heavy atom. The summed E-state index contributed by atoms with van der Waals surface area (Å²) in [5.41, 5.74) is 1.28. The Kier molecular flexibility index (Phi) is 16.1. The van der Waals surface area contributed by atoms with Crippen LogP contribution in [0.1, 0.15) is 141 Å². The number of pyridine rings is 1. The van der Waals surface area contributed by atoms with Gasteiger partial charge in [-0.15, -0.1) is 0 Å². The molecule has 0 N–H and O–H groups in total. The molecule has 1 aromatic heterocycles. The predicted molar refractivity (Wildman–Crippen MR) is 143 cm³/mol. The van der Waals surface area contributed by atoms with E-state index in [4.69, 9.17) is 0 Å². The number of unbranched alkanes of at least 4 members (excludes halogenated alkanes) is 19. The van der Waals surface area contributed by atoms with E-state index in [0.717, 1.165) is 6.42 Å². The summed E-state index contributed by atoms with van der Waals surface area (Å²) in [6.45, 7) is 2.30. The number of fused-ring (bicyclic) bond motifs is 1. The average molecular weight is 438 g/mol. The fourth-order valence-electron chi connectivity index (χ4n) is 4.93. The van der Waals surface area contributed by atoms with Crippen molar-refractivity contribution in [2.24, 2.45) is 0 Å². The molecule has 0 atom stereocenters. The standard InChI is InChI=1S/C31H51N/c1-2-3-4-5-6-7-8-9-10-11-12-13-14-15-16-17-18-19-20-21-26-31-30-25-23-22-24-29(30)27-28-32-31/h22-25,27-28H,2-21,26H2,1H3. The van der Waals surface area contributed by atoms with Crippen LogP contribution < -0.4 is 0 Å². The highest BCUT2D eigenvalue weighted by Crippen LogP contribution is 2.19. The summed E-state index contributed by atoms with van der Waals surface area (Å²) in [6, 6.07) is 10.8. The SMILES string of the molecule is CCCCCCCCCCCCCCCCCCCCCCc1nccc2ccccc12. The molecule has 0 radical (unpaired) electrons. The first-order chi connectivity index (χ1) is 15.9. The molecule has 2 aromatic rings. The maximum atomic E-state index is 4.63. The minimum absolute atomic E-state index is 1.13. The number of benzene rings is 1. The molecule has 1 nitrogen and oxygen atoms in total. The summed E-state index contributed by atoms with van der Waals surface area (Å²) in [7, 11) is 0. The summed E-state index contributed by atoms with van der Waals surface area (Å²) >= 11 is 0. The normalized spacial score (nSPS) is 11.4. The molecule has 0 spiro atoms. The van der Waals surface area contributed by atoms with Crippen molar-refractivity contribution in [3.05, 3.63) is 42.2 Å². The van der Waals surface area contributed by atoms with Crippen LogP contribution in [0.2, 0.25) is 0 Å². The van der Waals surface area contributed by atoms with E-state index in [9.17, 15) is 0 Å². The van der Waals surface area contributed by atoms with Crippen LogP contribution in [-0.2, 0) is 6.42 Å². The first kappa shape index (κ1) is 26.9. The molecule has 2 rings (SSSR count). The van der Waals surface area contributed by atoms with Crippen LogP contribution in [-0.4, -0.2) is 4.98 Å². The van der Waals surface area contributed by atoms with E-state index < -0.39 is 0 Å². The van der Waals surface area contributed by atoms with Crippen molar-refractivity contribution < 1.29 is 0 Å². The first-order valence-corrected chi connectivity index (χ1v) is 14.2. The Morgan fingerprint density at radius 1 is 0.500 bits per heavy atom. The van der Waals surface area contributed by atoms with Gasteiger partial charge in [-0.25, -0.2) is 0 Å². The lowest BCUT2D eigenvalue weighted by Gasteiger charge is -2.06. The van der Waals surface area contributed by atoms with Crippen molar-refractivity contribution >= 4 is 10.8 Å². The minimum Gasteiger partial charge on any atom is -0.261 e. The second kappa shape index (κ2) is 19.1. The molecule has 0 unspecified atom stereocenters. The number of hydrogen-bond donors (Lipinski definition) is 0. The second-order valence-electron chi connectivity index (χ2n) is 9.95. The molecule has 0 aliphatic rings. The third-order valence-corrected chi connectivity index (χ3v) is 7.02. The molecule has 1 heteroatoms. The zero-order valence-electron chi connectivity index (χ0n) is 21.3. The molecular weight excluding hydrogens is 386 g/mol. The lowest BCUT2D eigenvalue weighted by molar-refractivity contribution is 0.521. The zero-order valence-corrected chi connectivity index (χ0v) is 21.3. The fourth-order valence-corrected chi connectivity index (χ4v) is 4.93. The van der Waals surface area contributed by atoms with Crippen LogP contribution in [0, 0.1) is 0 Å². The topological polar surface area (TPSA) is 12.9 Å². The van der Waals surface area contributed by atoms with E-state index in [0.29, 0.717) is 0 Å². The van der Waals surface area contributed by atoms with Crippen molar-refractivity contribution in [2.45, 2.75) is 142 Å². The second-order valence-corrected chi connectivity index (χ2v) is 9.95. The molecule has 0 saturated carbocycles. The number of aromatic nitrogens is 1. The largest absolute Gasteiger partial charge is 0.261 e. The van der Waals surface area contributed by atoms with E-state index in [1.54, 1.807) is 0 Å². The lowest BCUT2D eigenvalue weighted by Crippen LogP contribution is -1.92. The molecular formula is C31H51N. The maximum absolute atomic E-state index is 4.63. The highest BCUT2D eigenvalue weighted by atomic mass is 14.7. The van der Waals surface area contributed by atoms with Crippen molar-refractivity contribution in [3.63, 3.8) is 0 Å². The van der Waals surface area contributed by atoms with Gasteiger partial charge in [-0.2, -0.15) is 0 Å². The molecule has 0 amide bonds. The number of aryl methyl sites for hydroxylation is 1. The average Bonchev–Trinajstić information content (AvgIpc) is 2.83. The van der Waals surface area contributed by atoms with Crippen molar-refractivity contribution in [3.8, 4) is 0 Å². The van der Waals surface area contributed by atoms with Gasteiger partial charge in [0.1, 0.15) is 0 Å². The summed E-state index contributed by atoms with van der Waals surface area (Å²) in [5.74, 6) is 0. The van der Waals surface area contributed by atoms with Gasteiger partial charge in [-0.1, -0.05) is 153 Å². The number of rotatable bonds is 21. The van der Waals surface area contributed by atoms with Gasteiger partial charge in [0, 0.05) is 17.3 Å². The Hall–Kier alpha value is -1.37. The van der Waals surface area contributed by atoms with Crippen LogP contribution >= 0.6 is 0 Å². The van der Waals surface area contributed by atoms with Crippen LogP contribution in [0.4, 0.5) is 0 Å². The third-order valence-electron chi connectivity index (χ3n) is 7.02. The fraction of sp³-hybridized carbons (Fsp3) is 0.710. The monoisotopic (exact) mass is 437 g/mol. The molecule has 32 heavy (non-hydrogen) atoms. The van der Waals surface area contributed by atoms with E-state index in [1.807, 2.05) is 6.20 Å². The van der Waals surface area contributed by atoms with Crippen LogP contribution in [0.5, 0.6) is 0 Å². The molecule has 1 aromatic carbocycles. The lowest BCUT2D eigenvalue weighted by atomic mass is 10.0. The quantitative estimate of drug-likeness (QED) is 0.177. The molecule has 0 fully saturated rings. The van der Waals surface area contributed by atoms with E-state index in [2.05, 4.69) is 42.2 Å². The minimum atomic E-state index is 1.13. The maximum Gasteiger partial charge on any atom is 0.0481 e. The summed E-state index contributed by atoms with van der Waals surface area (Å²) in [4.78, 5) is 4.63. The highest BCUT2D eigenvalue weighted by molar-refractivity contribution is 5.84. The van der Waals surface area contributed by atoms with Gasteiger partial charge in [0.2, 0.25) is 0 Å². The Bertz CT molecular complexity index is 672. The van der Waals surface area contributed by atoms with E-state index >= 15 is 0 Å². The summed E-state index contributed by atoms with van der Waals surface area (Å²) < 4.78 is 0. The molecule has 0 bridgehead atoms. The van der Waals surface area contributed by atoms with Crippen LogP contribution in [0.3, 0.4) is 0 Å². The predicted octanol–water partition coefficient (Wildman–Crippen LogP) is 10.6. The Balaban J connectivity index is 1.30. The van der Waals surface area contributed by atoms with E-state index in [-0.39, 0.29) is 0 Å². The van der Waals surface area contributed by atoms with Gasteiger partial charge >= 0.3 is 0 Å². The molecule has 180 valence electrons. The molecule has 1 heterocycles. The summed E-state index contributed by atoms with van der Waals surface area (Å²) in [5, 5.41) is 2.67. The van der Waals surface area contributed by atoms with Gasteiger partial charge in [-0.05, 0) is 24.3 Å². The van der Waals surface area contributed by atoms with Crippen molar-refractivity contribution in [1.82, 2.24) is 4.98 Å². The van der Waals surface area contributed by atoms with Crippen LogP contribution in [0.25, 0.3) is 10.8 Å². The van der Waals surface area contributed by atoms with Gasteiger partial charge in [0.15, 0.2) is 0 Å². The number of hydrogen-bond acceptors (Lipinski definition) is 1. The van der Waals surface area contributed by atoms with Crippen LogP contribution in [0.15, 0.2) is 36.5 Å².